The molecule has 166 valence electrons. The van der Waals surface area contributed by atoms with Gasteiger partial charge in [-0.15, -0.1) is 0 Å². The average Bonchev–Trinajstić information content (AvgIpc) is 2.68. The zero-order chi connectivity index (χ0) is 22.4. The summed E-state index contributed by atoms with van der Waals surface area (Å²) in [4.78, 5) is 19.5. The fraction of sp³-hybridized carbons (Fsp3) is 0.579. The number of rotatable bonds is 12. The van der Waals surface area contributed by atoms with Crippen molar-refractivity contribution in [2.45, 2.75) is 44.6 Å². The molecule has 0 aliphatic rings. The molecule has 1 aromatic rings. The summed E-state index contributed by atoms with van der Waals surface area (Å²) in [6.07, 6.45) is -4.12. The van der Waals surface area contributed by atoms with E-state index in [1.807, 2.05) is 38.1 Å². The van der Waals surface area contributed by atoms with E-state index in [9.17, 15) is 14.7 Å². The van der Waals surface area contributed by atoms with Gasteiger partial charge in [0.15, 0.2) is 12.2 Å². The SMILES string of the molecule is COCCc1ccc(OCC(O)CNC(C)C)cc1.O=C(O)[C@@H](O)[C@@H](O)C(=O)O. The largest absolute Gasteiger partial charge is 0.491 e. The third kappa shape index (κ3) is 12.8. The molecule has 6 N–H and O–H groups in total. The van der Waals surface area contributed by atoms with Gasteiger partial charge in [0.25, 0.3) is 0 Å². The second-order valence-corrected chi connectivity index (χ2v) is 6.48. The molecule has 0 aliphatic carbocycles. The molecule has 0 spiro atoms. The van der Waals surface area contributed by atoms with Gasteiger partial charge in [-0.25, -0.2) is 9.59 Å². The van der Waals surface area contributed by atoms with Gasteiger partial charge in [0, 0.05) is 19.7 Å². The van der Waals surface area contributed by atoms with Crippen LogP contribution >= 0.6 is 0 Å². The van der Waals surface area contributed by atoms with E-state index < -0.39 is 30.3 Å². The van der Waals surface area contributed by atoms with Crippen molar-refractivity contribution in [3.8, 4) is 5.75 Å². The van der Waals surface area contributed by atoms with Crippen molar-refractivity contribution in [2.75, 3.05) is 26.9 Å². The van der Waals surface area contributed by atoms with Gasteiger partial charge < -0.3 is 40.3 Å². The molecular weight excluding hydrogens is 386 g/mol. The lowest BCUT2D eigenvalue weighted by molar-refractivity contribution is -0.165. The molecule has 0 amide bonds. The average molecular weight is 417 g/mol. The summed E-state index contributed by atoms with van der Waals surface area (Å²) in [5.41, 5.74) is 1.22. The topological polar surface area (TPSA) is 166 Å². The van der Waals surface area contributed by atoms with Crippen LogP contribution in [0.3, 0.4) is 0 Å². The molecule has 1 aromatic carbocycles. The molecular formula is C19H31NO9. The lowest BCUT2D eigenvalue weighted by Gasteiger charge is -2.15. The number of ether oxygens (including phenoxy) is 2. The second kappa shape index (κ2) is 14.7. The number of nitrogens with one attached hydrogen (secondary N) is 1. The molecule has 1 unspecified atom stereocenters. The van der Waals surface area contributed by atoms with Crippen LogP contribution in [0.2, 0.25) is 0 Å². The molecule has 0 aromatic heterocycles. The second-order valence-electron chi connectivity index (χ2n) is 6.48. The zero-order valence-corrected chi connectivity index (χ0v) is 16.8. The van der Waals surface area contributed by atoms with E-state index in [-0.39, 0.29) is 0 Å². The summed E-state index contributed by atoms with van der Waals surface area (Å²) in [6, 6.07) is 8.26. The molecule has 1 rings (SSSR count). The van der Waals surface area contributed by atoms with Gasteiger partial charge in [-0.3, -0.25) is 0 Å². The normalized spacial score (nSPS) is 13.8. The Morgan fingerprint density at radius 2 is 1.52 bits per heavy atom. The van der Waals surface area contributed by atoms with E-state index >= 15 is 0 Å². The number of carboxylic acid groups (broad SMARTS) is 2. The van der Waals surface area contributed by atoms with E-state index in [0.717, 1.165) is 18.8 Å². The first kappa shape index (κ1) is 26.8. The van der Waals surface area contributed by atoms with Gasteiger partial charge in [-0.1, -0.05) is 26.0 Å². The lowest BCUT2D eigenvalue weighted by Crippen LogP contribution is -2.39. The monoisotopic (exact) mass is 417 g/mol. The number of aliphatic carboxylic acids is 2. The van der Waals surface area contributed by atoms with E-state index in [1.165, 1.54) is 5.56 Å². The van der Waals surface area contributed by atoms with Crippen LogP contribution in [0.15, 0.2) is 24.3 Å². The minimum Gasteiger partial charge on any atom is -0.491 e. The Morgan fingerprint density at radius 3 is 1.93 bits per heavy atom. The molecule has 0 heterocycles. The summed E-state index contributed by atoms with van der Waals surface area (Å²) < 4.78 is 10.6. The molecule has 3 atom stereocenters. The fourth-order valence-corrected chi connectivity index (χ4v) is 1.87. The number of hydrogen-bond donors (Lipinski definition) is 6. The number of benzene rings is 1. The smallest absolute Gasteiger partial charge is 0.335 e. The lowest BCUT2D eigenvalue weighted by atomic mass is 10.1. The first-order valence-corrected chi connectivity index (χ1v) is 9.02. The molecule has 0 radical (unpaired) electrons. The van der Waals surface area contributed by atoms with Crippen LogP contribution in [-0.4, -0.2) is 88.7 Å². The van der Waals surface area contributed by atoms with Crippen molar-refractivity contribution in [1.29, 1.82) is 0 Å². The number of aliphatic hydroxyl groups excluding tert-OH is 3. The van der Waals surface area contributed by atoms with Crippen molar-refractivity contribution in [3.63, 3.8) is 0 Å². The van der Waals surface area contributed by atoms with Gasteiger partial charge >= 0.3 is 11.9 Å². The molecule has 0 saturated carbocycles. The molecule has 10 heteroatoms. The summed E-state index contributed by atoms with van der Waals surface area (Å²) in [6.45, 7) is 5.67. The van der Waals surface area contributed by atoms with E-state index in [1.54, 1.807) is 7.11 Å². The Balaban J connectivity index is 0.000000665. The van der Waals surface area contributed by atoms with Crippen molar-refractivity contribution < 1.29 is 44.6 Å². The van der Waals surface area contributed by atoms with Gasteiger partial charge in [0.2, 0.25) is 0 Å². The van der Waals surface area contributed by atoms with Crippen molar-refractivity contribution in [1.82, 2.24) is 5.32 Å². The summed E-state index contributed by atoms with van der Waals surface area (Å²) in [7, 11) is 1.70. The van der Waals surface area contributed by atoms with Crippen LogP contribution in [0.1, 0.15) is 19.4 Å². The van der Waals surface area contributed by atoms with Crippen LogP contribution in [0, 0.1) is 0 Å². The number of carbonyl (C=O) groups is 2. The first-order valence-electron chi connectivity index (χ1n) is 9.02. The maximum atomic E-state index is 9.77. The van der Waals surface area contributed by atoms with Crippen LogP contribution in [-0.2, 0) is 20.7 Å². The minimum atomic E-state index is -2.27. The predicted octanol–water partition coefficient (Wildman–Crippen LogP) is -0.509. The molecule has 10 nitrogen and oxygen atoms in total. The summed E-state index contributed by atoms with van der Waals surface area (Å²) in [5, 5.41) is 45.4. The zero-order valence-electron chi connectivity index (χ0n) is 16.8. The van der Waals surface area contributed by atoms with Crippen LogP contribution in [0.4, 0.5) is 0 Å². The van der Waals surface area contributed by atoms with E-state index in [2.05, 4.69) is 5.32 Å². The van der Waals surface area contributed by atoms with E-state index in [0.29, 0.717) is 19.2 Å². The predicted molar refractivity (Wildman–Crippen MR) is 104 cm³/mol. The Kier molecular flexibility index (Phi) is 13.6. The van der Waals surface area contributed by atoms with Crippen molar-refractivity contribution in [2.24, 2.45) is 0 Å². The number of hydrogen-bond acceptors (Lipinski definition) is 8. The summed E-state index contributed by atoms with van der Waals surface area (Å²) >= 11 is 0. The molecule has 0 fully saturated rings. The summed E-state index contributed by atoms with van der Waals surface area (Å²) in [5.74, 6) is -2.76. The van der Waals surface area contributed by atoms with Crippen LogP contribution in [0.5, 0.6) is 5.75 Å². The maximum Gasteiger partial charge on any atom is 0.335 e. The molecule has 0 saturated heterocycles. The van der Waals surface area contributed by atoms with Gasteiger partial charge in [-0.2, -0.15) is 0 Å². The Labute approximate surface area is 169 Å². The van der Waals surface area contributed by atoms with Gasteiger partial charge in [0.1, 0.15) is 18.5 Å². The quantitative estimate of drug-likeness (QED) is 0.261. The maximum absolute atomic E-state index is 9.77. The van der Waals surface area contributed by atoms with Gasteiger partial charge in [-0.05, 0) is 24.1 Å². The highest BCUT2D eigenvalue weighted by Crippen LogP contribution is 2.12. The highest BCUT2D eigenvalue weighted by Gasteiger charge is 2.29. The Hall–Kier alpha value is -2.24. The third-order valence-corrected chi connectivity index (χ3v) is 3.53. The molecule has 0 bridgehead atoms. The van der Waals surface area contributed by atoms with Gasteiger partial charge in [0.05, 0.1) is 6.61 Å². The molecule has 0 aliphatic heterocycles. The fourth-order valence-electron chi connectivity index (χ4n) is 1.87. The van der Waals surface area contributed by atoms with Crippen molar-refractivity contribution in [3.05, 3.63) is 29.8 Å². The number of methoxy groups -OCH3 is 1. The Bertz CT molecular complexity index is 574. The highest BCUT2D eigenvalue weighted by molar-refractivity contribution is 5.83. The highest BCUT2D eigenvalue weighted by atomic mass is 16.5. The standard InChI is InChI=1S/C15H25NO3.C4H6O6/c1-12(2)16-10-14(17)11-19-15-6-4-13(5-7-15)8-9-18-3;5-1(3(7)8)2(6)4(9)10/h4-7,12,14,16-17H,8-11H2,1-3H3;1-2,5-6H,(H,7,8)(H,9,10)/t;1-,2+. The first-order chi connectivity index (χ1) is 13.6. The van der Waals surface area contributed by atoms with E-state index in [4.69, 9.17) is 29.9 Å². The van der Waals surface area contributed by atoms with Crippen molar-refractivity contribution >= 4 is 11.9 Å². The van der Waals surface area contributed by atoms with Crippen LogP contribution in [0.25, 0.3) is 0 Å². The third-order valence-electron chi connectivity index (χ3n) is 3.53. The molecule has 29 heavy (non-hydrogen) atoms. The number of aliphatic hydroxyl groups is 3. The Morgan fingerprint density at radius 1 is 1.00 bits per heavy atom. The number of carboxylic acids is 2. The minimum absolute atomic E-state index is 0.303. The van der Waals surface area contributed by atoms with Crippen LogP contribution < -0.4 is 10.1 Å².